The maximum absolute atomic E-state index is 8.92. The number of hydrogen-bond acceptors (Lipinski definition) is 2. The molecule has 0 saturated heterocycles. The minimum absolute atomic E-state index is 0.0570. The molecule has 1 aromatic rings. The lowest BCUT2D eigenvalue weighted by molar-refractivity contribution is 0.277. The largest absolute Gasteiger partial charge is 0.390 e. The normalized spacial score (nSPS) is 18.3. The fraction of sp³-hybridized carbons (Fsp3) is 0.667. The van der Waals surface area contributed by atoms with Gasteiger partial charge in [0, 0.05) is 5.92 Å². The Labute approximate surface area is 82.1 Å². The third-order valence-electron chi connectivity index (χ3n) is 2.65. The van der Waals surface area contributed by atoms with Crippen LogP contribution in [-0.2, 0) is 6.61 Å². The van der Waals surface area contributed by atoms with Crippen molar-refractivity contribution in [3.8, 4) is 0 Å². The molecule has 1 heterocycles. The topological polar surface area (TPSA) is 48.9 Å². The molecule has 2 N–H and O–H groups in total. The Morgan fingerprint density at radius 3 is 2.69 bits per heavy atom. The second-order valence-electron chi connectivity index (χ2n) is 3.53. The molecule has 13 heavy (non-hydrogen) atoms. The van der Waals surface area contributed by atoms with E-state index in [0.29, 0.717) is 16.8 Å². The molecule has 1 aromatic heterocycles. The summed E-state index contributed by atoms with van der Waals surface area (Å²) in [7, 11) is 0. The number of nitrogens with one attached hydrogen (secondary N) is 1. The van der Waals surface area contributed by atoms with Crippen LogP contribution in [-0.4, -0.2) is 15.1 Å². The van der Waals surface area contributed by atoms with Gasteiger partial charge in [0.2, 0.25) is 0 Å². The van der Waals surface area contributed by atoms with E-state index in [2.05, 4.69) is 9.97 Å². The second-order valence-corrected chi connectivity index (χ2v) is 3.89. The van der Waals surface area contributed by atoms with Crippen LogP contribution in [0, 0.1) is 0 Å². The van der Waals surface area contributed by atoms with E-state index >= 15 is 0 Å². The highest BCUT2D eigenvalue weighted by Gasteiger charge is 2.21. The van der Waals surface area contributed by atoms with Gasteiger partial charge in [-0.3, -0.25) is 0 Å². The number of nitrogens with zero attached hydrogens (tertiary/aromatic N) is 1. The van der Waals surface area contributed by atoms with Crippen LogP contribution in [0.4, 0.5) is 0 Å². The summed E-state index contributed by atoms with van der Waals surface area (Å²) in [4.78, 5) is 7.29. The van der Waals surface area contributed by atoms with Crippen LogP contribution < -0.4 is 0 Å². The third-order valence-corrected chi connectivity index (χ3v) is 2.96. The minimum Gasteiger partial charge on any atom is -0.390 e. The number of aromatic amines is 1. The highest BCUT2D eigenvalue weighted by atomic mass is 35.5. The first kappa shape index (κ1) is 9.03. The molecule has 1 saturated carbocycles. The average Bonchev–Trinajstić information content (AvgIpc) is 2.71. The summed E-state index contributed by atoms with van der Waals surface area (Å²) in [6.45, 7) is -0.0570. The molecule has 1 aliphatic rings. The number of imidazole rings is 1. The van der Waals surface area contributed by atoms with Crippen molar-refractivity contribution >= 4 is 11.6 Å². The molecule has 0 atom stereocenters. The number of aromatic nitrogens is 2. The molecule has 0 aliphatic heterocycles. The van der Waals surface area contributed by atoms with Crippen molar-refractivity contribution in [3.05, 3.63) is 16.7 Å². The van der Waals surface area contributed by atoms with E-state index in [1.807, 2.05) is 0 Å². The smallest absolute Gasteiger partial charge is 0.152 e. The zero-order valence-electron chi connectivity index (χ0n) is 7.39. The number of halogens is 1. The Bertz CT molecular complexity index is 292. The van der Waals surface area contributed by atoms with Crippen LogP contribution in [0.5, 0.6) is 0 Å². The van der Waals surface area contributed by atoms with Crippen molar-refractivity contribution in [1.82, 2.24) is 9.97 Å². The van der Waals surface area contributed by atoms with Gasteiger partial charge in [0.05, 0.1) is 12.3 Å². The van der Waals surface area contributed by atoms with Gasteiger partial charge in [0.1, 0.15) is 5.82 Å². The molecule has 3 nitrogen and oxygen atoms in total. The van der Waals surface area contributed by atoms with Crippen molar-refractivity contribution in [2.75, 3.05) is 0 Å². The summed E-state index contributed by atoms with van der Waals surface area (Å²) in [5, 5.41) is 9.34. The van der Waals surface area contributed by atoms with E-state index < -0.39 is 0 Å². The molecule has 0 radical (unpaired) electrons. The Balaban J connectivity index is 2.20. The molecular formula is C9H13ClN2O. The van der Waals surface area contributed by atoms with Gasteiger partial charge in [-0.25, -0.2) is 4.98 Å². The van der Waals surface area contributed by atoms with Crippen molar-refractivity contribution in [2.24, 2.45) is 0 Å². The standard InChI is InChI=1S/C9H13ClN2O/c10-8-7(5-13)11-9(12-8)6-3-1-2-4-6/h6,13H,1-5H2,(H,11,12). The molecular weight excluding hydrogens is 188 g/mol. The lowest BCUT2D eigenvalue weighted by Crippen LogP contribution is -1.95. The Hall–Kier alpha value is -0.540. The number of aliphatic hydroxyl groups excluding tert-OH is 1. The molecule has 2 rings (SSSR count). The van der Waals surface area contributed by atoms with Gasteiger partial charge in [-0.05, 0) is 12.8 Å². The maximum atomic E-state index is 8.92. The van der Waals surface area contributed by atoms with Crippen LogP contribution >= 0.6 is 11.6 Å². The number of hydrogen-bond donors (Lipinski definition) is 2. The summed E-state index contributed by atoms with van der Waals surface area (Å²) in [5.41, 5.74) is 0.642. The van der Waals surface area contributed by atoms with Gasteiger partial charge in [-0.1, -0.05) is 24.4 Å². The summed E-state index contributed by atoms with van der Waals surface area (Å²) in [5.74, 6) is 1.48. The van der Waals surface area contributed by atoms with Gasteiger partial charge >= 0.3 is 0 Å². The average molecular weight is 201 g/mol. The van der Waals surface area contributed by atoms with Gasteiger partial charge in [0.15, 0.2) is 5.15 Å². The Morgan fingerprint density at radius 2 is 2.15 bits per heavy atom. The maximum Gasteiger partial charge on any atom is 0.152 e. The van der Waals surface area contributed by atoms with E-state index in [-0.39, 0.29) is 6.61 Å². The van der Waals surface area contributed by atoms with Gasteiger partial charge in [0.25, 0.3) is 0 Å². The highest BCUT2D eigenvalue weighted by molar-refractivity contribution is 6.30. The van der Waals surface area contributed by atoms with E-state index in [9.17, 15) is 0 Å². The van der Waals surface area contributed by atoms with Crippen molar-refractivity contribution in [3.63, 3.8) is 0 Å². The summed E-state index contributed by atoms with van der Waals surface area (Å²) >= 11 is 5.82. The number of aliphatic hydroxyl groups is 1. The van der Waals surface area contributed by atoms with E-state index in [0.717, 1.165) is 5.82 Å². The molecule has 0 aromatic carbocycles. The third kappa shape index (κ3) is 1.71. The number of rotatable bonds is 2. The molecule has 0 unspecified atom stereocenters. The zero-order valence-corrected chi connectivity index (χ0v) is 8.14. The first-order chi connectivity index (χ1) is 6.31. The van der Waals surface area contributed by atoms with Gasteiger partial charge in [-0.15, -0.1) is 0 Å². The lowest BCUT2D eigenvalue weighted by Gasteiger charge is -2.02. The minimum atomic E-state index is -0.0570. The summed E-state index contributed by atoms with van der Waals surface area (Å²) in [6.07, 6.45) is 4.93. The van der Waals surface area contributed by atoms with E-state index in [1.165, 1.54) is 25.7 Å². The predicted molar refractivity (Wildman–Crippen MR) is 50.7 cm³/mol. The Kier molecular flexibility index (Phi) is 2.56. The van der Waals surface area contributed by atoms with Crippen LogP contribution in [0.3, 0.4) is 0 Å². The second kappa shape index (κ2) is 3.68. The first-order valence-corrected chi connectivity index (χ1v) is 5.04. The van der Waals surface area contributed by atoms with Gasteiger partial charge < -0.3 is 10.1 Å². The monoisotopic (exact) mass is 200 g/mol. The predicted octanol–water partition coefficient (Wildman–Crippen LogP) is 2.21. The van der Waals surface area contributed by atoms with Crippen molar-refractivity contribution in [1.29, 1.82) is 0 Å². The lowest BCUT2D eigenvalue weighted by atomic mass is 10.1. The van der Waals surface area contributed by atoms with Crippen LogP contribution in [0.1, 0.15) is 43.1 Å². The molecule has 1 fully saturated rings. The Morgan fingerprint density at radius 1 is 1.46 bits per heavy atom. The van der Waals surface area contributed by atoms with Crippen LogP contribution in [0.15, 0.2) is 0 Å². The summed E-state index contributed by atoms with van der Waals surface area (Å²) < 4.78 is 0. The molecule has 72 valence electrons. The molecule has 4 heteroatoms. The highest BCUT2D eigenvalue weighted by Crippen LogP contribution is 2.33. The van der Waals surface area contributed by atoms with Crippen LogP contribution in [0.25, 0.3) is 0 Å². The van der Waals surface area contributed by atoms with Crippen molar-refractivity contribution < 1.29 is 5.11 Å². The van der Waals surface area contributed by atoms with E-state index in [1.54, 1.807) is 0 Å². The molecule has 1 aliphatic carbocycles. The molecule has 0 bridgehead atoms. The zero-order chi connectivity index (χ0) is 9.26. The fourth-order valence-corrected chi connectivity index (χ4v) is 2.10. The van der Waals surface area contributed by atoms with Crippen LogP contribution in [0.2, 0.25) is 5.15 Å². The SMILES string of the molecule is OCc1[nH]c(C2CCCC2)nc1Cl. The fourth-order valence-electron chi connectivity index (χ4n) is 1.90. The molecule has 0 spiro atoms. The van der Waals surface area contributed by atoms with Gasteiger partial charge in [-0.2, -0.15) is 0 Å². The van der Waals surface area contributed by atoms with E-state index in [4.69, 9.17) is 16.7 Å². The number of H-pyrrole nitrogens is 1. The first-order valence-electron chi connectivity index (χ1n) is 4.66. The van der Waals surface area contributed by atoms with Crippen molar-refractivity contribution in [2.45, 2.75) is 38.2 Å². The summed E-state index contributed by atoms with van der Waals surface area (Å²) in [6, 6.07) is 0. The quantitative estimate of drug-likeness (QED) is 0.769. The molecule has 0 amide bonds.